The summed E-state index contributed by atoms with van der Waals surface area (Å²) in [6, 6.07) is 19.8. The number of hydrogen-bond acceptors (Lipinski definition) is 4. The zero-order valence-electron chi connectivity index (χ0n) is 20.9. The van der Waals surface area contributed by atoms with Crippen molar-refractivity contribution in [3.8, 4) is 0 Å². The smallest absolute Gasteiger partial charge is 0.240 e. The Morgan fingerprint density at radius 1 is 0.618 bits per heavy atom. The van der Waals surface area contributed by atoms with Gasteiger partial charge in [-0.1, -0.05) is 101 Å². The molecule has 0 aromatic heterocycles. The van der Waals surface area contributed by atoms with Crippen LogP contribution >= 0.6 is 0 Å². The highest BCUT2D eigenvalue weighted by atomic mass is 16.2. The van der Waals surface area contributed by atoms with Gasteiger partial charge in [0.2, 0.25) is 11.8 Å². The van der Waals surface area contributed by atoms with E-state index in [4.69, 9.17) is 0 Å². The first kappa shape index (κ1) is 27.0. The van der Waals surface area contributed by atoms with Crippen molar-refractivity contribution in [1.82, 2.24) is 10.9 Å². The van der Waals surface area contributed by atoms with Crippen molar-refractivity contribution in [3.63, 3.8) is 0 Å². The zero-order valence-corrected chi connectivity index (χ0v) is 20.9. The fourth-order valence-corrected chi connectivity index (χ4v) is 3.55. The second-order valence-corrected chi connectivity index (χ2v) is 9.02. The molecule has 182 valence electrons. The second kappa shape index (κ2) is 14.8. The van der Waals surface area contributed by atoms with Gasteiger partial charge in [-0.05, 0) is 35.8 Å². The predicted molar refractivity (Wildman–Crippen MR) is 140 cm³/mol. The molecule has 0 saturated carbocycles. The Morgan fingerprint density at radius 2 is 0.971 bits per heavy atom. The molecule has 0 aliphatic heterocycles. The number of unbranched alkanes of at least 4 members (excludes halogenated alkanes) is 3. The maximum Gasteiger partial charge on any atom is 0.240 e. The maximum absolute atomic E-state index is 12.2. The van der Waals surface area contributed by atoms with E-state index in [9.17, 15) is 9.59 Å². The van der Waals surface area contributed by atoms with Crippen LogP contribution in [0.1, 0.15) is 77.3 Å². The lowest BCUT2D eigenvalue weighted by molar-refractivity contribution is -0.122. The molecular formula is C28H38N4O2. The third-order valence-electron chi connectivity index (χ3n) is 5.39. The van der Waals surface area contributed by atoms with Gasteiger partial charge in [-0.15, -0.1) is 0 Å². The molecule has 0 radical (unpaired) electrons. The second-order valence-electron chi connectivity index (χ2n) is 9.02. The summed E-state index contributed by atoms with van der Waals surface area (Å²) in [5.74, 6) is 0.261. The van der Waals surface area contributed by atoms with Gasteiger partial charge < -0.3 is 0 Å². The van der Waals surface area contributed by atoms with Crippen LogP contribution in [0, 0.1) is 11.8 Å². The minimum absolute atomic E-state index is 0.0803. The third kappa shape index (κ3) is 9.69. The molecule has 0 unspecified atom stereocenters. The van der Waals surface area contributed by atoms with E-state index in [0.717, 1.165) is 48.2 Å². The molecule has 34 heavy (non-hydrogen) atoms. The Bertz CT molecular complexity index is 871. The van der Waals surface area contributed by atoms with Gasteiger partial charge in [-0.2, -0.15) is 10.2 Å². The molecule has 0 aliphatic carbocycles. The molecule has 0 spiro atoms. The molecule has 6 heteroatoms. The summed E-state index contributed by atoms with van der Waals surface area (Å²) < 4.78 is 0. The van der Waals surface area contributed by atoms with Crippen LogP contribution in [-0.2, 0) is 9.59 Å². The maximum atomic E-state index is 12.2. The molecule has 0 fully saturated rings. The molecule has 2 N–H and O–H groups in total. The molecule has 2 amide bonds. The van der Waals surface area contributed by atoms with Gasteiger partial charge in [0.25, 0.3) is 0 Å². The number of benzene rings is 2. The Hall–Kier alpha value is -3.28. The molecule has 0 aliphatic rings. The van der Waals surface area contributed by atoms with Crippen LogP contribution in [0.15, 0.2) is 70.9 Å². The molecule has 2 rings (SSSR count). The summed E-state index contributed by atoms with van der Waals surface area (Å²) in [5, 5.41) is 8.70. The largest absolute Gasteiger partial charge is 0.273 e. The van der Waals surface area contributed by atoms with E-state index in [1.807, 2.05) is 60.7 Å². The normalized spacial score (nSPS) is 12.2. The van der Waals surface area contributed by atoms with E-state index >= 15 is 0 Å². The van der Waals surface area contributed by atoms with Gasteiger partial charge in [0.1, 0.15) is 0 Å². The highest BCUT2D eigenvalue weighted by Crippen LogP contribution is 2.11. The molecule has 0 atom stereocenters. The summed E-state index contributed by atoms with van der Waals surface area (Å²) in [7, 11) is 0. The first-order valence-electron chi connectivity index (χ1n) is 12.2. The lowest BCUT2D eigenvalue weighted by Gasteiger charge is -2.11. The minimum atomic E-state index is -0.0803. The molecule has 2 aromatic rings. The molecule has 0 bridgehead atoms. The summed E-state index contributed by atoms with van der Waals surface area (Å²) in [6.45, 7) is 8.24. The standard InChI is InChI=1S/C28H38N4O2/c1-21(2)27(23-15-9-7-10-16-23)31-29-25(33)19-13-5-6-14-20-26(34)30-32-28(22(3)4)24-17-11-8-12-18-24/h7-12,15-18,21-22H,5-6,13-14,19-20H2,1-4H3,(H,29,33)(H,30,34). The van der Waals surface area contributed by atoms with Crippen LogP contribution in [0.3, 0.4) is 0 Å². The first-order valence-corrected chi connectivity index (χ1v) is 12.2. The van der Waals surface area contributed by atoms with Gasteiger partial charge >= 0.3 is 0 Å². The molecule has 0 heterocycles. The van der Waals surface area contributed by atoms with Crippen molar-refractivity contribution in [2.24, 2.45) is 22.0 Å². The highest BCUT2D eigenvalue weighted by molar-refractivity contribution is 6.02. The van der Waals surface area contributed by atoms with Crippen LogP contribution in [0.2, 0.25) is 0 Å². The summed E-state index contributed by atoms with van der Waals surface area (Å²) in [4.78, 5) is 24.3. The number of nitrogens with one attached hydrogen (secondary N) is 2. The van der Waals surface area contributed by atoms with E-state index < -0.39 is 0 Å². The van der Waals surface area contributed by atoms with Crippen LogP contribution in [0.4, 0.5) is 0 Å². The zero-order chi connectivity index (χ0) is 24.8. The average molecular weight is 463 g/mol. The third-order valence-corrected chi connectivity index (χ3v) is 5.39. The number of hydrogen-bond donors (Lipinski definition) is 2. The van der Waals surface area contributed by atoms with Crippen LogP contribution in [0.5, 0.6) is 0 Å². The highest BCUT2D eigenvalue weighted by Gasteiger charge is 2.10. The van der Waals surface area contributed by atoms with Gasteiger partial charge in [-0.25, -0.2) is 10.9 Å². The van der Waals surface area contributed by atoms with Crippen molar-refractivity contribution in [2.75, 3.05) is 0 Å². The van der Waals surface area contributed by atoms with Crippen LogP contribution in [-0.4, -0.2) is 23.2 Å². The van der Waals surface area contributed by atoms with E-state index in [0.29, 0.717) is 12.8 Å². The van der Waals surface area contributed by atoms with Crippen molar-refractivity contribution in [2.45, 2.75) is 66.2 Å². The van der Waals surface area contributed by atoms with Gasteiger partial charge in [0.05, 0.1) is 11.4 Å². The molecular weight excluding hydrogens is 424 g/mol. The van der Waals surface area contributed by atoms with Crippen molar-refractivity contribution >= 4 is 23.2 Å². The van der Waals surface area contributed by atoms with Crippen LogP contribution < -0.4 is 10.9 Å². The molecule has 0 saturated heterocycles. The van der Waals surface area contributed by atoms with E-state index in [-0.39, 0.29) is 23.7 Å². The number of amides is 2. The quantitative estimate of drug-likeness (QED) is 0.228. The Balaban J connectivity index is 1.66. The van der Waals surface area contributed by atoms with Crippen LogP contribution in [0.25, 0.3) is 0 Å². The number of carbonyl (C=O) groups excluding carboxylic acids is 2. The number of rotatable bonds is 13. The summed E-state index contributed by atoms with van der Waals surface area (Å²) in [5.41, 5.74) is 9.16. The van der Waals surface area contributed by atoms with Gasteiger partial charge in [0.15, 0.2) is 0 Å². The molecule has 6 nitrogen and oxygen atoms in total. The number of carbonyl (C=O) groups is 2. The Kier molecular flexibility index (Phi) is 11.7. The summed E-state index contributed by atoms with van der Waals surface area (Å²) >= 11 is 0. The predicted octanol–water partition coefficient (Wildman–Crippen LogP) is 5.68. The average Bonchev–Trinajstić information content (AvgIpc) is 2.82. The number of nitrogens with zero attached hydrogens (tertiary/aromatic N) is 2. The summed E-state index contributed by atoms with van der Waals surface area (Å²) in [6.07, 6.45) is 4.18. The molecule has 2 aromatic carbocycles. The number of hydrazone groups is 2. The van der Waals surface area contributed by atoms with Gasteiger partial charge in [0, 0.05) is 12.8 Å². The lowest BCUT2D eigenvalue weighted by atomic mass is 10.0. The first-order chi connectivity index (χ1) is 16.4. The van der Waals surface area contributed by atoms with Crippen molar-refractivity contribution < 1.29 is 9.59 Å². The van der Waals surface area contributed by atoms with Crippen molar-refractivity contribution in [3.05, 3.63) is 71.8 Å². The SMILES string of the molecule is CC(C)C(=NNC(=O)CCCCCCC(=O)NN=C(c1ccccc1)C(C)C)c1ccccc1. The van der Waals surface area contributed by atoms with E-state index in [1.165, 1.54) is 0 Å². The van der Waals surface area contributed by atoms with Gasteiger partial charge in [-0.3, -0.25) is 9.59 Å². The van der Waals surface area contributed by atoms with E-state index in [1.54, 1.807) is 0 Å². The Labute approximate surface area is 203 Å². The Morgan fingerprint density at radius 3 is 1.29 bits per heavy atom. The topological polar surface area (TPSA) is 82.9 Å². The van der Waals surface area contributed by atoms with Crippen molar-refractivity contribution in [1.29, 1.82) is 0 Å². The lowest BCUT2D eigenvalue weighted by Crippen LogP contribution is -2.22. The fraction of sp³-hybridized carbons (Fsp3) is 0.429. The monoisotopic (exact) mass is 462 g/mol. The minimum Gasteiger partial charge on any atom is -0.273 e. The fourth-order valence-electron chi connectivity index (χ4n) is 3.55. The van der Waals surface area contributed by atoms with E-state index in [2.05, 4.69) is 48.7 Å².